The van der Waals surface area contributed by atoms with Crippen molar-refractivity contribution in [2.45, 2.75) is 12.8 Å². The fraction of sp³-hybridized carbons (Fsp3) is 0.0351. The first-order chi connectivity index (χ1) is 31.3. The second kappa shape index (κ2) is 14.1. The molecule has 296 valence electrons. The standard InChI is InChI=1S/C57H38N6/c1-4-18-37(19-5-1)55-58-56(38-20-6-2-7-21-38)60-57(59-55)63-49-31-15-12-26-45(49)54-43(28-17-33-52(54)63)42-27-16-32-51-53(42)44-25-11-14-30-48(44)62(51)40-34-35-50-46(36-40)41-24-10-13-29-47(41)61(50)39-22-8-3-9-23-39/h1-11,13-25,27-36H,12,26H2. The Balaban J connectivity index is 1.05. The number of aromatic nitrogens is 6. The molecule has 0 bridgehead atoms. The van der Waals surface area contributed by atoms with E-state index >= 15 is 0 Å². The first-order valence-corrected chi connectivity index (χ1v) is 21.6. The minimum absolute atomic E-state index is 0.608. The average Bonchev–Trinajstić information content (AvgIpc) is 4.00. The van der Waals surface area contributed by atoms with Crippen LogP contribution < -0.4 is 0 Å². The summed E-state index contributed by atoms with van der Waals surface area (Å²) in [5, 5.41) is 6.15. The van der Waals surface area contributed by atoms with Gasteiger partial charge in [-0.05, 0) is 90.2 Å². The van der Waals surface area contributed by atoms with Gasteiger partial charge in [0, 0.05) is 49.4 Å². The third-order valence-electron chi connectivity index (χ3n) is 12.8. The molecule has 12 aromatic rings. The predicted octanol–water partition coefficient (Wildman–Crippen LogP) is 14.0. The fourth-order valence-electron chi connectivity index (χ4n) is 10.1. The van der Waals surface area contributed by atoms with Gasteiger partial charge in [0.25, 0.3) is 0 Å². The Labute approximate surface area is 363 Å². The summed E-state index contributed by atoms with van der Waals surface area (Å²) in [7, 11) is 0. The molecule has 0 N–H and O–H groups in total. The van der Waals surface area contributed by atoms with E-state index in [2.05, 4.69) is 184 Å². The lowest BCUT2D eigenvalue weighted by molar-refractivity contribution is 0.902. The molecule has 63 heavy (non-hydrogen) atoms. The molecular formula is C57H38N6. The van der Waals surface area contributed by atoms with E-state index in [1.807, 2.05) is 36.4 Å². The van der Waals surface area contributed by atoms with Crippen LogP contribution in [-0.2, 0) is 6.42 Å². The van der Waals surface area contributed by atoms with Crippen molar-refractivity contribution in [1.82, 2.24) is 28.7 Å². The van der Waals surface area contributed by atoms with E-state index in [0.717, 1.165) is 46.6 Å². The van der Waals surface area contributed by atoms with E-state index in [-0.39, 0.29) is 0 Å². The summed E-state index contributed by atoms with van der Waals surface area (Å²) in [6.45, 7) is 0. The zero-order valence-electron chi connectivity index (χ0n) is 34.2. The molecule has 0 amide bonds. The molecule has 0 saturated heterocycles. The molecule has 1 aliphatic rings. The van der Waals surface area contributed by atoms with Crippen molar-refractivity contribution in [3.05, 3.63) is 211 Å². The molecule has 4 heterocycles. The highest BCUT2D eigenvalue weighted by molar-refractivity contribution is 6.19. The number of hydrogen-bond acceptors (Lipinski definition) is 3. The summed E-state index contributed by atoms with van der Waals surface area (Å²) in [4.78, 5) is 15.5. The molecule has 0 unspecified atom stereocenters. The van der Waals surface area contributed by atoms with Crippen molar-refractivity contribution in [2.75, 3.05) is 0 Å². The minimum Gasteiger partial charge on any atom is -0.309 e. The molecule has 4 aromatic heterocycles. The Hall–Kier alpha value is -8.35. The molecule has 0 aliphatic heterocycles. The van der Waals surface area contributed by atoms with Gasteiger partial charge in [-0.1, -0.05) is 146 Å². The number of para-hydroxylation sites is 3. The SMILES string of the molecule is C1=Cc2c(c3c(-c4cccc5c4c4ccccc4n5-c4ccc5c(c4)c4ccccc4n5-c4ccccc4)cccc3n2-c2nc(-c3ccccc3)nc(-c3ccccc3)n2)CC1. The molecule has 6 nitrogen and oxygen atoms in total. The molecule has 8 aromatic carbocycles. The number of hydrogen-bond donors (Lipinski definition) is 0. The van der Waals surface area contributed by atoms with Gasteiger partial charge in [-0.15, -0.1) is 0 Å². The van der Waals surface area contributed by atoms with Gasteiger partial charge >= 0.3 is 0 Å². The lowest BCUT2D eigenvalue weighted by atomic mass is 9.92. The first-order valence-electron chi connectivity index (χ1n) is 21.6. The maximum atomic E-state index is 5.22. The third-order valence-corrected chi connectivity index (χ3v) is 12.8. The van der Waals surface area contributed by atoms with Gasteiger partial charge in [-0.25, -0.2) is 4.98 Å². The highest BCUT2D eigenvalue weighted by Crippen LogP contribution is 2.45. The number of aryl methyl sites for hydroxylation is 1. The summed E-state index contributed by atoms with van der Waals surface area (Å²) in [6.07, 6.45) is 6.42. The molecule has 6 heteroatoms. The van der Waals surface area contributed by atoms with E-state index in [0.29, 0.717) is 17.6 Å². The average molecular weight is 807 g/mol. The van der Waals surface area contributed by atoms with E-state index in [4.69, 9.17) is 15.0 Å². The smallest absolute Gasteiger partial charge is 0.238 e. The summed E-state index contributed by atoms with van der Waals surface area (Å²) in [5.41, 5.74) is 14.8. The second-order valence-electron chi connectivity index (χ2n) is 16.3. The Morgan fingerprint density at radius 3 is 1.62 bits per heavy atom. The van der Waals surface area contributed by atoms with Crippen molar-refractivity contribution in [2.24, 2.45) is 0 Å². The monoisotopic (exact) mass is 806 g/mol. The zero-order chi connectivity index (χ0) is 41.4. The Bertz CT molecular complexity index is 3720. The van der Waals surface area contributed by atoms with Gasteiger partial charge in [0.05, 0.1) is 33.3 Å². The number of allylic oxidation sites excluding steroid dienone is 1. The molecule has 0 atom stereocenters. The lowest BCUT2D eigenvalue weighted by Gasteiger charge is -2.13. The zero-order valence-corrected chi connectivity index (χ0v) is 34.2. The largest absolute Gasteiger partial charge is 0.309 e. The van der Waals surface area contributed by atoms with Crippen molar-refractivity contribution in [3.63, 3.8) is 0 Å². The van der Waals surface area contributed by atoms with Crippen LogP contribution in [0.2, 0.25) is 0 Å². The maximum absolute atomic E-state index is 5.22. The highest BCUT2D eigenvalue weighted by atomic mass is 15.2. The number of fused-ring (bicyclic) bond motifs is 9. The van der Waals surface area contributed by atoms with Crippen LogP contribution in [0, 0.1) is 0 Å². The Kier molecular flexibility index (Phi) is 7.93. The fourth-order valence-corrected chi connectivity index (χ4v) is 10.1. The van der Waals surface area contributed by atoms with Crippen LogP contribution in [0.1, 0.15) is 17.7 Å². The van der Waals surface area contributed by atoms with Gasteiger partial charge in [-0.2, -0.15) is 9.97 Å². The normalized spacial score (nSPS) is 12.6. The summed E-state index contributed by atoms with van der Waals surface area (Å²) >= 11 is 0. The van der Waals surface area contributed by atoms with Crippen LogP contribution in [0.5, 0.6) is 0 Å². The molecule has 13 rings (SSSR count). The van der Waals surface area contributed by atoms with E-state index in [9.17, 15) is 0 Å². The second-order valence-corrected chi connectivity index (χ2v) is 16.3. The minimum atomic E-state index is 0.608. The Morgan fingerprint density at radius 1 is 0.381 bits per heavy atom. The van der Waals surface area contributed by atoms with Crippen LogP contribution in [0.25, 0.3) is 112 Å². The molecule has 0 spiro atoms. The lowest BCUT2D eigenvalue weighted by Crippen LogP contribution is -2.08. The first kappa shape index (κ1) is 35.4. The van der Waals surface area contributed by atoms with Crippen LogP contribution in [-0.4, -0.2) is 28.7 Å². The van der Waals surface area contributed by atoms with Gasteiger partial charge in [0.2, 0.25) is 5.95 Å². The van der Waals surface area contributed by atoms with E-state index in [1.54, 1.807) is 0 Å². The van der Waals surface area contributed by atoms with Gasteiger partial charge in [0.15, 0.2) is 11.6 Å². The summed E-state index contributed by atoms with van der Waals surface area (Å²) < 4.78 is 7.09. The van der Waals surface area contributed by atoms with Crippen molar-refractivity contribution < 1.29 is 0 Å². The summed E-state index contributed by atoms with van der Waals surface area (Å²) in [5.74, 6) is 1.90. The number of benzene rings is 8. The van der Waals surface area contributed by atoms with Crippen LogP contribution in [0.15, 0.2) is 200 Å². The van der Waals surface area contributed by atoms with Crippen molar-refractivity contribution in [1.29, 1.82) is 0 Å². The Morgan fingerprint density at radius 2 is 0.921 bits per heavy atom. The van der Waals surface area contributed by atoms with Crippen molar-refractivity contribution >= 4 is 60.6 Å². The third kappa shape index (κ3) is 5.48. The van der Waals surface area contributed by atoms with Gasteiger partial charge < -0.3 is 9.13 Å². The topological polar surface area (TPSA) is 53.5 Å². The van der Waals surface area contributed by atoms with E-state index < -0.39 is 0 Å². The van der Waals surface area contributed by atoms with Crippen molar-refractivity contribution in [3.8, 4) is 51.2 Å². The summed E-state index contributed by atoms with van der Waals surface area (Å²) in [6, 6.07) is 69.2. The van der Waals surface area contributed by atoms with Gasteiger partial charge in [0.1, 0.15) is 0 Å². The van der Waals surface area contributed by atoms with Crippen LogP contribution in [0.4, 0.5) is 0 Å². The molecule has 1 aliphatic carbocycles. The molecule has 0 radical (unpaired) electrons. The maximum Gasteiger partial charge on any atom is 0.238 e. The van der Waals surface area contributed by atoms with Gasteiger partial charge in [-0.3, -0.25) is 4.57 Å². The quantitative estimate of drug-likeness (QED) is 0.168. The number of rotatable bonds is 6. The molecule has 0 saturated carbocycles. The highest BCUT2D eigenvalue weighted by Gasteiger charge is 2.26. The van der Waals surface area contributed by atoms with Crippen LogP contribution >= 0.6 is 0 Å². The predicted molar refractivity (Wildman–Crippen MR) is 259 cm³/mol. The molecular weight excluding hydrogens is 769 g/mol. The van der Waals surface area contributed by atoms with E-state index in [1.165, 1.54) is 65.7 Å². The number of nitrogens with zero attached hydrogens (tertiary/aromatic N) is 6. The molecule has 0 fully saturated rings. The van der Waals surface area contributed by atoms with Crippen LogP contribution in [0.3, 0.4) is 0 Å².